The number of carbonyl (C=O) groups excluding carboxylic acids is 2. The zero-order chi connectivity index (χ0) is 17.3. The summed E-state index contributed by atoms with van der Waals surface area (Å²) in [6.45, 7) is 3.35. The van der Waals surface area contributed by atoms with Crippen LogP contribution in [-0.4, -0.2) is 37.0 Å². The number of benzene rings is 1. The van der Waals surface area contributed by atoms with Crippen LogP contribution in [0.1, 0.15) is 26.2 Å². The van der Waals surface area contributed by atoms with Gasteiger partial charge in [-0.1, -0.05) is 11.6 Å². The number of rotatable bonds is 3. The van der Waals surface area contributed by atoms with Gasteiger partial charge in [0, 0.05) is 24.2 Å². The molecule has 0 spiro atoms. The van der Waals surface area contributed by atoms with Gasteiger partial charge in [-0.05, 0) is 50.9 Å². The van der Waals surface area contributed by atoms with Crippen LogP contribution in [0.15, 0.2) is 18.2 Å². The first-order chi connectivity index (χ1) is 11.5. The van der Waals surface area contributed by atoms with Gasteiger partial charge >= 0.3 is 0 Å². The molecule has 2 aliphatic rings. The minimum atomic E-state index is -0.522. The third kappa shape index (κ3) is 4.43. The quantitative estimate of drug-likeness (QED) is 0.834. The highest BCUT2D eigenvalue weighted by Crippen LogP contribution is 2.27. The normalized spacial score (nSPS) is 26.3. The predicted octanol–water partition coefficient (Wildman–Crippen LogP) is 2.51. The fraction of sp³-hybridized carbons (Fsp3) is 0.529. The number of halogens is 3. The first-order valence-corrected chi connectivity index (χ1v) is 8.63. The Hall–Kier alpha value is -1.37. The van der Waals surface area contributed by atoms with Gasteiger partial charge in [-0.3, -0.25) is 9.59 Å². The van der Waals surface area contributed by atoms with Crippen molar-refractivity contribution in [3.63, 3.8) is 0 Å². The Balaban J connectivity index is 0.00000225. The molecule has 2 amide bonds. The van der Waals surface area contributed by atoms with E-state index in [9.17, 15) is 14.0 Å². The maximum atomic E-state index is 13.3. The molecular formula is C17H22Cl2FN3O2. The van der Waals surface area contributed by atoms with Crippen molar-refractivity contribution in [2.24, 2.45) is 5.92 Å². The topological polar surface area (TPSA) is 61.4 Å². The van der Waals surface area contributed by atoms with Crippen LogP contribution in [0.2, 0.25) is 5.02 Å². The van der Waals surface area contributed by atoms with Crippen LogP contribution < -0.4 is 15.5 Å². The SMILES string of the molecule is C[C@H]1C[C@@H](C(=O)NC2CCN(c3ccc(F)c(Cl)c3)C2=O)CCN1.Cl. The Morgan fingerprint density at radius 3 is 2.84 bits per heavy atom. The third-order valence-corrected chi connectivity index (χ3v) is 5.02. The molecule has 0 bridgehead atoms. The average Bonchev–Trinajstić information content (AvgIpc) is 2.91. The van der Waals surface area contributed by atoms with E-state index in [2.05, 4.69) is 17.6 Å². The van der Waals surface area contributed by atoms with Gasteiger partial charge in [-0.2, -0.15) is 0 Å². The van der Waals surface area contributed by atoms with Gasteiger partial charge in [-0.25, -0.2) is 4.39 Å². The molecule has 1 aromatic rings. The molecule has 2 heterocycles. The second-order valence-corrected chi connectivity index (χ2v) is 6.92. The summed E-state index contributed by atoms with van der Waals surface area (Å²) in [6.07, 6.45) is 2.11. The molecule has 2 fully saturated rings. The van der Waals surface area contributed by atoms with Gasteiger partial charge in [0.25, 0.3) is 0 Å². The van der Waals surface area contributed by atoms with Crippen LogP contribution in [0.25, 0.3) is 0 Å². The fourth-order valence-corrected chi connectivity index (χ4v) is 3.56. The summed E-state index contributed by atoms with van der Waals surface area (Å²) in [4.78, 5) is 26.5. The smallest absolute Gasteiger partial charge is 0.249 e. The summed E-state index contributed by atoms with van der Waals surface area (Å²) in [5.41, 5.74) is 0.554. The number of nitrogens with zero attached hydrogens (tertiary/aromatic N) is 1. The maximum absolute atomic E-state index is 13.3. The van der Waals surface area contributed by atoms with Crippen LogP contribution >= 0.6 is 24.0 Å². The van der Waals surface area contributed by atoms with E-state index in [0.29, 0.717) is 24.7 Å². The second kappa shape index (κ2) is 8.34. The number of hydrogen-bond acceptors (Lipinski definition) is 3. The zero-order valence-corrected chi connectivity index (χ0v) is 15.5. The van der Waals surface area contributed by atoms with E-state index in [-0.39, 0.29) is 35.2 Å². The lowest BCUT2D eigenvalue weighted by Gasteiger charge is -2.28. The first kappa shape index (κ1) is 19.9. The lowest BCUT2D eigenvalue weighted by atomic mass is 9.92. The van der Waals surface area contributed by atoms with Crippen LogP contribution in [0.4, 0.5) is 10.1 Å². The van der Waals surface area contributed by atoms with Crippen molar-refractivity contribution in [1.29, 1.82) is 0 Å². The molecule has 3 atom stereocenters. The van der Waals surface area contributed by atoms with E-state index >= 15 is 0 Å². The number of carbonyl (C=O) groups is 2. The van der Waals surface area contributed by atoms with Gasteiger partial charge in [0.05, 0.1) is 5.02 Å². The average molecular weight is 390 g/mol. The van der Waals surface area contributed by atoms with Crippen molar-refractivity contribution in [3.8, 4) is 0 Å². The van der Waals surface area contributed by atoms with E-state index < -0.39 is 11.9 Å². The molecule has 1 aromatic carbocycles. The number of amides is 2. The molecule has 25 heavy (non-hydrogen) atoms. The Morgan fingerprint density at radius 1 is 1.40 bits per heavy atom. The molecule has 3 rings (SSSR count). The minimum Gasteiger partial charge on any atom is -0.344 e. The number of anilines is 1. The Bertz CT molecular complexity index is 659. The van der Waals surface area contributed by atoms with Crippen molar-refractivity contribution in [1.82, 2.24) is 10.6 Å². The molecule has 8 heteroatoms. The molecule has 138 valence electrons. The Labute approximate surface area is 157 Å². The fourth-order valence-electron chi connectivity index (χ4n) is 3.38. The van der Waals surface area contributed by atoms with Crippen LogP contribution in [0.3, 0.4) is 0 Å². The third-order valence-electron chi connectivity index (χ3n) is 4.73. The van der Waals surface area contributed by atoms with Crippen molar-refractivity contribution in [3.05, 3.63) is 29.0 Å². The summed E-state index contributed by atoms with van der Waals surface area (Å²) in [5.74, 6) is -0.797. The summed E-state index contributed by atoms with van der Waals surface area (Å²) < 4.78 is 13.3. The van der Waals surface area contributed by atoms with Crippen molar-refractivity contribution in [2.75, 3.05) is 18.0 Å². The highest BCUT2D eigenvalue weighted by molar-refractivity contribution is 6.31. The highest BCUT2D eigenvalue weighted by Gasteiger charge is 2.35. The molecular weight excluding hydrogens is 368 g/mol. The minimum absolute atomic E-state index is 0. The van der Waals surface area contributed by atoms with E-state index in [4.69, 9.17) is 11.6 Å². The van der Waals surface area contributed by atoms with Gasteiger partial charge in [0.2, 0.25) is 11.8 Å². The molecule has 5 nitrogen and oxygen atoms in total. The monoisotopic (exact) mass is 389 g/mol. The second-order valence-electron chi connectivity index (χ2n) is 6.51. The van der Waals surface area contributed by atoms with E-state index in [1.807, 2.05) is 0 Å². The zero-order valence-electron chi connectivity index (χ0n) is 13.9. The van der Waals surface area contributed by atoms with E-state index in [0.717, 1.165) is 19.4 Å². The van der Waals surface area contributed by atoms with Crippen LogP contribution in [0, 0.1) is 11.7 Å². The van der Waals surface area contributed by atoms with Crippen molar-refractivity contribution in [2.45, 2.75) is 38.3 Å². The van der Waals surface area contributed by atoms with Gasteiger partial charge in [0.15, 0.2) is 0 Å². The van der Waals surface area contributed by atoms with Gasteiger partial charge in [-0.15, -0.1) is 12.4 Å². The van der Waals surface area contributed by atoms with Gasteiger partial charge in [0.1, 0.15) is 11.9 Å². The Morgan fingerprint density at radius 2 is 2.16 bits per heavy atom. The summed E-state index contributed by atoms with van der Waals surface area (Å²) >= 11 is 5.79. The molecule has 1 unspecified atom stereocenters. The molecule has 0 aromatic heterocycles. The van der Waals surface area contributed by atoms with E-state index in [1.54, 1.807) is 4.90 Å². The summed E-state index contributed by atoms with van der Waals surface area (Å²) in [6, 6.07) is 4.00. The predicted molar refractivity (Wildman–Crippen MR) is 97.7 cm³/mol. The van der Waals surface area contributed by atoms with Crippen molar-refractivity contribution < 1.29 is 14.0 Å². The lowest BCUT2D eigenvalue weighted by Crippen LogP contribution is -2.47. The molecule has 2 aliphatic heterocycles. The molecule has 0 saturated carbocycles. The summed E-state index contributed by atoms with van der Waals surface area (Å²) in [7, 11) is 0. The number of nitrogens with one attached hydrogen (secondary N) is 2. The standard InChI is InChI=1S/C17H21ClFN3O2.ClH/c1-10-8-11(4-6-20-10)16(23)21-15-5-7-22(17(15)24)12-2-3-14(19)13(18)9-12;/h2-3,9-11,15,20H,4-8H2,1H3,(H,21,23);1H/t10-,11-,15?;/m0./s1. The Kier molecular flexibility index (Phi) is 6.65. The first-order valence-electron chi connectivity index (χ1n) is 8.26. The van der Waals surface area contributed by atoms with E-state index in [1.165, 1.54) is 18.2 Å². The molecule has 0 radical (unpaired) electrons. The lowest BCUT2D eigenvalue weighted by molar-refractivity contribution is -0.130. The van der Waals surface area contributed by atoms with Gasteiger partial charge < -0.3 is 15.5 Å². The summed E-state index contributed by atoms with van der Waals surface area (Å²) in [5, 5.41) is 6.17. The number of piperidine rings is 1. The van der Waals surface area contributed by atoms with Crippen molar-refractivity contribution >= 4 is 41.5 Å². The van der Waals surface area contributed by atoms with Crippen LogP contribution in [0.5, 0.6) is 0 Å². The highest BCUT2D eigenvalue weighted by atomic mass is 35.5. The molecule has 0 aliphatic carbocycles. The largest absolute Gasteiger partial charge is 0.344 e. The number of hydrogen-bond donors (Lipinski definition) is 2. The molecule has 2 saturated heterocycles. The maximum Gasteiger partial charge on any atom is 0.249 e. The molecule has 2 N–H and O–H groups in total. The van der Waals surface area contributed by atoms with Crippen LogP contribution in [-0.2, 0) is 9.59 Å².